The molecular formula is C13H22ClF3N4O. The first-order chi connectivity index (χ1) is 9.76. The molecule has 0 unspecified atom stereocenters. The molecule has 9 heteroatoms. The average Bonchev–Trinajstić information content (AvgIpc) is 2.61. The number of nitrogens with zero attached hydrogens (tertiary/aromatic N) is 3. The summed E-state index contributed by atoms with van der Waals surface area (Å²) in [5, 5.41) is 7.51. The van der Waals surface area contributed by atoms with Crippen LogP contribution >= 0.6 is 12.4 Å². The van der Waals surface area contributed by atoms with E-state index in [-0.39, 0.29) is 18.3 Å². The summed E-state index contributed by atoms with van der Waals surface area (Å²) in [6, 6.07) is 0.371. The number of aryl methyl sites for hydroxylation is 2. The lowest BCUT2D eigenvalue weighted by Gasteiger charge is -2.31. The summed E-state index contributed by atoms with van der Waals surface area (Å²) in [5.41, 5.74) is 1.44. The van der Waals surface area contributed by atoms with Crippen LogP contribution in [-0.4, -0.2) is 53.1 Å². The van der Waals surface area contributed by atoms with Crippen molar-refractivity contribution in [3.05, 3.63) is 11.3 Å². The molecule has 1 aromatic heterocycles. The van der Waals surface area contributed by atoms with Crippen LogP contribution in [0.1, 0.15) is 18.2 Å². The maximum Gasteiger partial charge on any atom is 0.422 e. The summed E-state index contributed by atoms with van der Waals surface area (Å²) in [5.74, 6) is 0.205. The Bertz CT molecular complexity index is 492. The first-order valence-electron chi connectivity index (χ1n) is 6.94. The minimum atomic E-state index is -4.35. The normalized spacial score (nSPS) is 19.8. The minimum absolute atomic E-state index is 0. The van der Waals surface area contributed by atoms with Crippen LogP contribution in [0.2, 0.25) is 0 Å². The molecular weight excluding hydrogens is 321 g/mol. The molecule has 0 radical (unpaired) electrons. The topological polar surface area (TPSA) is 42.3 Å². The van der Waals surface area contributed by atoms with Gasteiger partial charge in [0.15, 0.2) is 6.61 Å². The van der Waals surface area contributed by atoms with Crippen LogP contribution < -0.4 is 10.1 Å². The predicted molar refractivity (Wildman–Crippen MR) is 79.5 cm³/mol. The van der Waals surface area contributed by atoms with Crippen LogP contribution in [0.15, 0.2) is 0 Å². The van der Waals surface area contributed by atoms with Crippen molar-refractivity contribution < 1.29 is 17.9 Å². The highest BCUT2D eigenvalue weighted by Gasteiger charge is 2.30. The molecule has 2 heterocycles. The van der Waals surface area contributed by atoms with Gasteiger partial charge in [-0.3, -0.25) is 4.90 Å². The molecule has 1 aliphatic rings. The van der Waals surface area contributed by atoms with Crippen LogP contribution in [0.4, 0.5) is 13.2 Å². The lowest BCUT2D eigenvalue weighted by Crippen LogP contribution is -2.48. The number of rotatable bonds is 4. The zero-order valence-corrected chi connectivity index (χ0v) is 13.7. The van der Waals surface area contributed by atoms with E-state index >= 15 is 0 Å². The van der Waals surface area contributed by atoms with E-state index in [1.165, 1.54) is 4.68 Å². The number of nitrogens with one attached hydrogen (secondary N) is 1. The van der Waals surface area contributed by atoms with Gasteiger partial charge in [0.1, 0.15) is 0 Å². The number of ether oxygens (including phenoxy) is 1. The molecule has 0 bridgehead atoms. The van der Waals surface area contributed by atoms with Crippen LogP contribution in [0.5, 0.6) is 5.88 Å². The second-order valence-corrected chi connectivity index (χ2v) is 5.49. The highest BCUT2D eigenvalue weighted by Crippen LogP contribution is 2.26. The number of alkyl halides is 3. The van der Waals surface area contributed by atoms with Crippen molar-refractivity contribution >= 4 is 12.4 Å². The van der Waals surface area contributed by atoms with Crippen LogP contribution in [-0.2, 0) is 13.6 Å². The lowest BCUT2D eigenvalue weighted by molar-refractivity contribution is -0.154. The predicted octanol–water partition coefficient (Wildman–Crippen LogP) is 1.89. The second-order valence-electron chi connectivity index (χ2n) is 5.49. The van der Waals surface area contributed by atoms with Crippen molar-refractivity contribution in [1.29, 1.82) is 0 Å². The Morgan fingerprint density at radius 2 is 2.09 bits per heavy atom. The summed E-state index contributed by atoms with van der Waals surface area (Å²) in [6.07, 6.45) is -4.35. The summed E-state index contributed by atoms with van der Waals surface area (Å²) in [6.45, 7) is 5.73. The van der Waals surface area contributed by atoms with Crippen molar-refractivity contribution in [3.8, 4) is 5.88 Å². The molecule has 2 rings (SSSR count). The van der Waals surface area contributed by atoms with Gasteiger partial charge in [0.05, 0.1) is 11.3 Å². The molecule has 1 saturated heterocycles. The Labute approximate surface area is 134 Å². The third-order valence-electron chi connectivity index (χ3n) is 3.50. The van der Waals surface area contributed by atoms with Crippen molar-refractivity contribution in [2.24, 2.45) is 7.05 Å². The number of halogens is 4. The maximum atomic E-state index is 12.3. The third-order valence-corrected chi connectivity index (χ3v) is 3.50. The SMILES string of the molecule is Cc1nn(C)c(OCC(F)(F)F)c1CN1CCN[C@@H](C)C1.Cl. The number of hydrogen-bond donors (Lipinski definition) is 1. The van der Waals surface area contributed by atoms with Crippen molar-refractivity contribution in [2.75, 3.05) is 26.2 Å². The Morgan fingerprint density at radius 3 is 2.68 bits per heavy atom. The Hall–Kier alpha value is -0.990. The van der Waals surface area contributed by atoms with Gasteiger partial charge in [-0.15, -0.1) is 12.4 Å². The van der Waals surface area contributed by atoms with Gasteiger partial charge >= 0.3 is 6.18 Å². The third kappa shape index (κ3) is 5.03. The molecule has 1 atom stereocenters. The van der Waals surface area contributed by atoms with Gasteiger partial charge in [0.2, 0.25) is 5.88 Å². The van der Waals surface area contributed by atoms with Gasteiger partial charge in [0.25, 0.3) is 0 Å². The summed E-state index contributed by atoms with van der Waals surface area (Å²) in [4.78, 5) is 2.20. The van der Waals surface area contributed by atoms with E-state index < -0.39 is 12.8 Å². The highest BCUT2D eigenvalue weighted by molar-refractivity contribution is 5.85. The Morgan fingerprint density at radius 1 is 1.41 bits per heavy atom. The van der Waals surface area contributed by atoms with E-state index in [1.54, 1.807) is 14.0 Å². The molecule has 1 N–H and O–H groups in total. The number of aromatic nitrogens is 2. The molecule has 1 aliphatic heterocycles. The van der Waals surface area contributed by atoms with E-state index in [4.69, 9.17) is 4.74 Å². The molecule has 1 fully saturated rings. The van der Waals surface area contributed by atoms with Crippen molar-refractivity contribution in [2.45, 2.75) is 32.6 Å². The first-order valence-corrected chi connectivity index (χ1v) is 6.94. The molecule has 128 valence electrons. The first kappa shape index (κ1) is 19.1. The molecule has 0 amide bonds. The largest absolute Gasteiger partial charge is 0.468 e. The van der Waals surface area contributed by atoms with Gasteiger partial charge in [-0.2, -0.15) is 18.3 Å². The smallest absolute Gasteiger partial charge is 0.422 e. The number of hydrogen-bond acceptors (Lipinski definition) is 4. The van der Waals surface area contributed by atoms with E-state index in [0.29, 0.717) is 18.3 Å². The van der Waals surface area contributed by atoms with Crippen molar-refractivity contribution in [1.82, 2.24) is 20.0 Å². The minimum Gasteiger partial charge on any atom is -0.468 e. The number of piperazine rings is 1. The van der Waals surface area contributed by atoms with E-state index in [1.807, 2.05) is 0 Å². The zero-order valence-electron chi connectivity index (χ0n) is 12.9. The Balaban J connectivity index is 0.00000242. The fourth-order valence-electron chi connectivity index (χ4n) is 2.57. The average molecular weight is 343 g/mol. The Kier molecular flexibility index (Phi) is 6.51. The molecule has 1 aromatic rings. The van der Waals surface area contributed by atoms with Crippen LogP contribution in [0, 0.1) is 6.92 Å². The summed E-state index contributed by atoms with van der Waals surface area (Å²) in [7, 11) is 1.60. The monoisotopic (exact) mass is 342 g/mol. The fourth-order valence-corrected chi connectivity index (χ4v) is 2.57. The lowest BCUT2D eigenvalue weighted by atomic mass is 10.2. The van der Waals surface area contributed by atoms with E-state index in [2.05, 4.69) is 22.2 Å². The van der Waals surface area contributed by atoms with Crippen LogP contribution in [0.3, 0.4) is 0 Å². The fraction of sp³-hybridized carbons (Fsp3) is 0.769. The molecule has 5 nitrogen and oxygen atoms in total. The van der Waals surface area contributed by atoms with E-state index in [9.17, 15) is 13.2 Å². The molecule has 22 heavy (non-hydrogen) atoms. The maximum absolute atomic E-state index is 12.3. The zero-order chi connectivity index (χ0) is 15.6. The summed E-state index contributed by atoms with van der Waals surface area (Å²) >= 11 is 0. The van der Waals surface area contributed by atoms with E-state index in [0.717, 1.165) is 25.2 Å². The van der Waals surface area contributed by atoms with Crippen molar-refractivity contribution in [3.63, 3.8) is 0 Å². The summed E-state index contributed by atoms with van der Waals surface area (Å²) < 4.78 is 43.4. The highest BCUT2D eigenvalue weighted by atomic mass is 35.5. The van der Waals surface area contributed by atoms with Crippen LogP contribution in [0.25, 0.3) is 0 Å². The van der Waals surface area contributed by atoms with Gasteiger partial charge in [-0.25, -0.2) is 4.68 Å². The van der Waals surface area contributed by atoms with Gasteiger partial charge in [-0.1, -0.05) is 0 Å². The molecule has 0 saturated carbocycles. The standard InChI is InChI=1S/C13H21F3N4O.ClH/c1-9-6-20(5-4-17-9)7-11-10(2)18-19(3)12(11)21-8-13(14,15)16;/h9,17H,4-8H2,1-3H3;1H/t9-;/m0./s1. The molecule has 0 spiro atoms. The van der Waals surface area contributed by atoms with Gasteiger partial charge in [0, 0.05) is 39.3 Å². The quantitative estimate of drug-likeness (QED) is 0.907. The second kappa shape index (κ2) is 7.52. The molecule has 0 aliphatic carbocycles. The van der Waals surface area contributed by atoms with Gasteiger partial charge in [-0.05, 0) is 13.8 Å². The molecule has 0 aromatic carbocycles. The van der Waals surface area contributed by atoms with Gasteiger partial charge < -0.3 is 10.1 Å².